The fraction of sp³-hybridized carbons (Fsp3) is 0.333. The molecule has 1 fully saturated rings. The zero-order valence-electron chi connectivity index (χ0n) is 9.30. The predicted molar refractivity (Wildman–Crippen MR) is 68.0 cm³/mol. The van der Waals surface area contributed by atoms with Gasteiger partial charge in [-0.1, -0.05) is 11.6 Å². The fourth-order valence-electron chi connectivity index (χ4n) is 1.81. The third kappa shape index (κ3) is 2.26. The molecule has 1 aromatic heterocycles. The molecule has 3 rings (SSSR count). The largest absolute Gasteiger partial charge is 0.399 e. The zero-order chi connectivity index (χ0) is 11.0. The molecule has 0 radical (unpaired) electrons. The molecule has 1 saturated carbocycles. The van der Waals surface area contributed by atoms with Crippen molar-refractivity contribution in [3.8, 4) is 11.4 Å². The van der Waals surface area contributed by atoms with Gasteiger partial charge in [0.1, 0.15) is 0 Å². The smallest absolute Gasteiger partial charge is 0.230 e. The van der Waals surface area contributed by atoms with Crippen molar-refractivity contribution in [3.63, 3.8) is 0 Å². The Balaban J connectivity index is 0.00000108. The molecule has 0 atom stereocenters. The second-order valence-corrected chi connectivity index (χ2v) is 4.21. The standard InChI is InChI=1S/C12H13N3O.ClH/c13-10-6-4-8(5-7-10)11-14-12(16-15-11)9-2-1-3-9;/h4-7,9H,1-3,13H2;1H. The van der Waals surface area contributed by atoms with Gasteiger partial charge in [-0.15, -0.1) is 12.4 Å². The van der Waals surface area contributed by atoms with Crippen LogP contribution in [0.2, 0.25) is 0 Å². The number of halogens is 1. The van der Waals surface area contributed by atoms with Crippen molar-refractivity contribution in [2.75, 3.05) is 5.73 Å². The average Bonchev–Trinajstić information content (AvgIpc) is 2.65. The summed E-state index contributed by atoms with van der Waals surface area (Å²) in [6.07, 6.45) is 3.61. The molecule has 90 valence electrons. The van der Waals surface area contributed by atoms with Gasteiger partial charge in [-0.3, -0.25) is 0 Å². The van der Waals surface area contributed by atoms with Crippen LogP contribution in [0.1, 0.15) is 31.1 Å². The highest BCUT2D eigenvalue weighted by molar-refractivity contribution is 5.85. The number of nitrogen functional groups attached to an aromatic ring is 1. The normalized spacial score (nSPS) is 15.1. The highest BCUT2D eigenvalue weighted by Crippen LogP contribution is 2.35. The van der Waals surface area contributed by atoms with Crippen LogP contribution in [0.3, 0.4) is 0 Å². The third-order valence-electron chi connectivity index (χ3n) is 3.07. The lowest BCUT2D eigenvalue weighted by Crippen LogP contribution is -2.08. The van der Waals surface area contributed by atoms with E-state index in [1.807, 2.05) is 24.3 Å². The summed E-state index contributed by atoms with van der Waals surface area (Å²) in [5, 5.41) is 3.99. The van der Waals surface area contributed by atoms with Gasteiger partial charge < -0.3 is 10.3 Å². The monoisotopic (exact) mass is 251 g/mol. The van der Waals surface area contributed by atoms with Crippen LogP contribution in [0.15, 0.2) is 28.8 Å². The second kappa shape index (κ2) is 4.75. The summed E-state index contributed by atoms with van der Waals surface area (Å²) >= 11 is 0. The van der Waals surface area contributed by atoms with Crippen LogP contribution in [0.25, 0.3) is 11.4 Å². The average molecular weight is 252 g/mol. The summed E-state index contributed by atoms with van der Waals surface area (Å²) in [5.74, 6) is 1.91. The maximum atomic E-state index is 5.62. The van der Waals surface area contributed by atoms with Crippen LogP contribution in [0, 0.1) is 0 Å². The Labute approximate surface area is 106 Å². The number of rotatable bonds is 2. The topological polar surface area (TPSA) is 64.9 Å². The van der Waals surface area contributed by atoms with Crippen LogP contribution in [0.4, 0.5) is 5.69 Å². The molecule has 2 N–H and O–H groups in total. The van der Waals surface area contributed by atoms with Crippen molar-refractivity contribution in [2.45, 2.75) is 25.2 Å². The Morgan fingerprint density at radius 3 is 2.47 bits per heavy atom. The summed E-state index contributed by atoms with van der Waals surface area (Å²) in [6.45, 7) is 0. The van der Waals surface area contributed by atoms with E-state index in [4.69, 9.17) is 10.3 Å². The molecule has 0 unspecified atom stereocenters. The lowest BCUT2D eigenvalue weighted by molar-refractivity contribution is 0.292. The van der Waals surface area contributed by atoms with Crippen molar-refractivity contribution in [3.05, 3.63) is 30.2 Å². The highest BCUT2D eigenvalue weighted by atomic mass is 35.5. The maximum Gasteiger partial charge on any atom is 0.230 e. The molecule has 4 nitrogen and oxygen atoms in total. The number of hydrogen-bond acceptors (Lipinski definition) is 4. The molecule has 5 heteroatoms. The molecule has 17 heavy (non-hydrogen) atoms. The van der Waals surface area contributed by atoms with Crippen LogP contribution in [-0.4, -0.2) is 10.1 Å². The first kappa shape index (κ1) is 11.9. The number of nitrogens with two attached hydrogens (primary N) is 1. The van der Waals surface area contributed by atoms with E-state index < -0.39 is 0 Å². The molecule has 0 aliphatic heterocycles. The molecule has 2 aromatic rings. The first-order valence-corrected chi connectivity index (χ1v) is 5.52. The van der Waals surface area contributed by atoms with Crippen LogP contribution >= 0.6 is 12.4 Å². The van der Waals surface area contributed by atoms with E-state index in [0.717, 1.165) is 17.1 Å². The zero-order valence-corrected chi connectivity index (χ0v) is 10.1. The van der Waals surface area contributed by atoms with Crippen molar-refractivity contribution < 1.29 is 4.52 Å². The van der Waals surface area contributed by atoms with Gasteiger partial charge in [-0.05, 0) is 37.1 Å². The first-order valence-electron chi connectivity index (χ1n) is 5.52. The molecule has 1 aliphatic rings. The van der Waals surface area contributed by atoms with Crippen LogP contribution in [0.5, 0.6) is 0 Å². The van der Waals surface area contributed by atoms with E-state index in [1.54, 1.807) is 0 Å². The van der Waals surface area contributed by atoms with Crippen molar-refractivity contribution in [1.82, 2.24) is 10.1 Å². The molecule has 1 aromatic carbocycles. The van der Waals surface area contributed by atoms with Crippen molar-refractivity contribution in [1.29, 1.82) is 0 Å². The number of nitrogens with zero attached hydrogens (tertiary/aromatic N) is 2. The Bertz CT molecular complexity index is 491. The van der Waals surface area contributed by atoms with Crippen molar-refractivity contribution in [2.24, 2.45) is 0 Å². The number of aromatic nitrogens is 2. The van der Waals surface area contributed by atoms with E-state index in [9.17, 15) is 0 Å². The quantitative estimate of drug-likeness (QED) is 0.834. The molecule has 0 amide bonds. The second-order valence-electron chi connectivity index (χ2n) is 4.21. The van der Waals surface area contributed by atoms with Crippen LogP contribution < -0.4 is 5.73 Å². The molecular weight excluding hydrogens is 238 g/mol. The molecular formula is C12H14ClN3O. The minimum atomic E-state index is 0. The molecule has 0 spiro atoms. The number of anilines is 1. The Morgan fingerprint density at radius 2 is 1.88 bits per heavy atom. The summed E-state index contributed by atoms with van der Waals surface area (Å²) in [5.41, 5.74) is 7.31. The van der Waals surface area contributed by atoms with E-state index >= 15 is 0 Å². The fourth-order valence-corrected chi connectivity index (χ4v) is 1.81. The Kier molecular flexibility index (Phi) is 3.33. The lowest BCUT2D eigenvalue weighted by Gasteiger charge is -2.20. The molecule has 1 aliphatic carbocycles. The molecule has 1 heterocycles. The minimum Gasteiger partial charge on any atom is -0.399 e. The van der Waals surface area contributed by atoms with Gasteiger partial charge in [-0.2, -0.15) is 4.98 Å². The number of benzene rings is 1. The number of hydrogen-bond donors (Lipinski definition) is 1. The van der Waals surface area contributed by atoms with E-state index in [0.29, 0.717) is 11.7 Å². The summed E-state index contributed by atoms with van der Waals surface area (Å²) in [4.78, 5) is 4.41. The van der Waals surface area contributed by atoms with Gasteiger partial charge >= 0.3 is 0 Å². The molecule has 0 bridgehead atoms. The van der Waals surface area contributed by atoms with Crippen molar-refractivity contribution >= 4 is 18.1 Å². The van der Waals surface area contributed by atoms with E-state index in [1.165, 1.54) is 19.3 Å². The van der Waals surface area contributed by atoms with E-state index in [2.05, 4.69) is 10.1 Å². The minimum absolute atomic E-state index is 0. The first-order chi connectivity index (χ1) is 7.83. The SMILES string of the molecule is Cl.Nc1ccc(-c2noc(C3CCC3)n2)cc1. The van der Waals surface area contributed by atoms with Gasteiger partial charge in [0.15, 0.2) is 0 Å². The lowest BCUT2D eigenvalue weighted by atomic mass is 9.85. The maximum absolute atomic E-state index is 5.62. The predicted octanol–water partition coefficient (Wildman–Crippen LogP) is 3.01. The van der Waals surface area contributed by atoms with Gasteiger partial charge in [0.25, 0.3) is 0 Å². The molecule has 0 saturated heterocycles. The Morgan fingerprint density at radius 1 is 1.18 bits per heavy atom. The van der Waals surface area contributed by atoms with E-state index in [-0.39, 0.29) is 12.4 Å². The van der Waals surface area contributed by atoms with Gasteiger partial charge in [0.2, 0.25) is 11.7 Å². The van der Waals surface area contributed by atoms with Crippen LogP contribution in [-0.2, 0) is 0 Å². The summed E-state index contributed by atoms with van der Waals surface area (Å²) in [7, 11) is 0. The summed E-state index contributed by atoms with van der Waals surface area (Å²) < 4.78 is 5.26. The van der Waals surface area contributed by atoms with Gasteiger partial charge in [0, 0.05) is 17.2 Å². The third-order valence-corrected chi connectivity index (χ3v) is 3.07. The summed E-state index contributed by atoms with van der Waals surface area (Å²) in [6, 6.07) is 7.50. The van der Waals surface area contributed by atoms with Gasteiger partial charge in [0.05, 0.1) is 0 Å². The van der Waals surface area contributed by atoms with Gasteiger partial charge in [-0.25, -0.2) is 0 Å². The Hall–Kier alpha value is -1.55. The highest BCUT2D eigenvalue weighted by Gasteiger charge is 2.25.